The monoisotopic (exact) mass is 288 g/mol. The fourth-order valence-electron chi connectivity index (χ4n) is 2.24. The van der Waals surface area contributed by atoms with Crippen molar-refractivity contribution in [1.29, 1.82) is 0 Å². The molecule has 102 valence electrons. The lowest BCUT2D eigenvalue weighted by molar-refractivity contribution is 0.0930. The van der Waals surface area contributed by atoms with E-state index in [9.17, 15) is 4.79 Å². The summed E-state index contributed by atoms with van der Waals surface area (Å²) in [7, 11) is 0. The molecule has 0 spiro atoms. The second-order valence-corrected chi connectivity index (χ2v) is 5.02. The average Bonchev–Trinajstić information content (AvgIpc) is 2.85. The molecule has 0 saturated carbocycles. The predicted molar refractivity (Wildman–Crippen MR) is 78.0 cm³/mol. The van der Waals surface area contributed by atoms with E-state index in [-0.39, 0.29) is 11.9 Å². The molecule has 0 bridgehead atoms. The Morgan fingerprint density at radius 2 is 2.10 bits per heavy atom. The number of carbonyl (C=O) groups is 1. The molecule has 1 atom stereocenters. The number of hydrogen-bond acceptors (Lipinski definition) is 3. The van der Waals surface area contributed by atoms with Crippen molar-refractivity contribution in [3.05, 3.63) is 58.6 Å². The number of rotatable bonds is 2. The minimum Gasteiger partial charge on any atom is -0.491 e. The van der Waals surface area contributed by atoms with Gasteiger partial charge in [0.1, 0.15) is 12.4 Å². The first-order valence-corrected chi connectivity index (χ1v) is 6.60. The molecule has 1 aliphatic rings. The van der Waals surface area contributed by atoms with Gasteiger partial charge in [-0.25, -0.2) is 0 Å². The number of hydrogen-bond donors (Lipinski definition) is 2. The third-order valence-corrected chi connectivity index (χ3v) is 3.57. The van der Waals surface area contributed by atoms with E-state index < -0.39 is 0 Å². The van der Waals surface area contributed by atoms with Crippen molar-refractivity contribution in [2.75, 3.05) is 12.3 Å². The van der Waals surface area contributed by atoms with Crippen LogP contribution >= 0.6 is 11.6 Å². The van der Waals surface area contributed by atoms with Gasteiger partial charge < -0.3 is 15.8 Å². The van der Waals surface area contributed by atoms with Crippen LogP contribution < -0.4 is 15.8 Å². The van der Waals surface area contributed by atoms with Gasteiger partial charge in [0.25, 0.3) is 5.91 Å². The maximum atomic E-state index is 12.3. The van der Waals surface area contributed by atoms with Crippen molar-refractivity contribution < 1.29 is 9.53 Å². The molecule has 1 unspecified atom stereocenters. The Balaban J connectivity index is 1.82. The van der Waals surface area contributed by atoms with E-state index in [0.29, 0.717) is 22.9 Å². The van der Waals surface area contributed by atoms with Crippen molar-refractivity contribution in [2.24, 2.45) is 0 Å². The van der Waals surface area contributed by atoms with E-state index in [2.05, 4.69) is 5.32 Å². The number of nitrogen functional groups attached to an aromatic ring is 1. The zero-order chi connectivity index (χ0) is 14.1. The normalized spacial score (nSPS) is 16.4. The Bertz CT molecular complexity index is 673. The molecule has 20 heavy (non-hydrogen) atoms. The van der Waals surface area contributed by atoms with Gasteiger partial charge in [0, 0.05) is 11.3 Å². The van der Waals surface area contributed by atoms with Gasteiger partial charge in [0.2, 0.25) is 0 Å². The highest BCUT2D eigenvalue weighted by Gasteiger charge is 2.26. The first-order chi connectivity index (χ1) is 9.65. The number of halogens is 1. The highest BCUT2D eigenvalue weighted by atomic mass is 35.5. The largest absolute Gasteiger partial charge is 0.491 e. The number of nitrogens with one attached hydrogen (secondary N) is 1. The average molecular weight is 289 g/mol. The summed E-state index contributed by atoms with van der Waals surface area (Å²) in [6, 6.07) is 12.3. The predicted octanol–water partition coefficient (Wildman–Crippen LogP) is 2.79. The van der Waals surface area contributed by atoms with E-state index in [1.54, 1.807) is 18.2 Å². The molecule has 1 amide bonds. The Labute approximate surface area is 121 Å². The highest BCUT2D eigenvalue weighted by Crippen LogP contribution is 2.32. The van der Waals surface area contributed by atoms with Gasteiger partial charge in [-0.3, -0.25) is 4.79 Å². The number of anilines is 1. The smallest absolute Gasteiger partial charge is 0.253 e. The maximum absolute atomic E-state index is 12.3. The van der Waals surface area contributed by atoms with Gasteiger partial charge in [-0.05, 0) is 24.3 Å². The van der Waals surface area contributed by atoms with Gasteiger partial charge in [0.05, 0.1) is 16.6 Å². The molecule has 2 aromatic rings. The zero-order valence-electron chi connectivity index (χ0n) is 10.6. The van der Waals surface area contributed by atoms with Crippen LogP contribution in [0.25, 0.3) is 0 Å². The molecule has 1 heterocycles. The zero-order valence-corrected chi connectivity index (χ0v) is 11.4. The van der Waals surface area contributed by atoms with Crippen LogP contribution in [-0.4, -0.2) is 12.5 Å². The molecule has 2 aromatic carbocycles. The SMILES string of the molecule is Nc1ccc(Cl)c(C(=O)NC2COc3ccccc32)c1. The summed E-state index contributed by atoms with van der Waals surface area (Å²) in [6.07, 6.45) is 0. The summed E-state index contributed by atoms with van der Waals surface area (Å²) in [5.41, 5.74) is 7.53. The molecule has 0 saturated heterocycles. The second kappa shape index (κ2) is 5.06. The maximum Gasteiger partial charge on any atom is 0.253 e. The number of para-hydroxylation sites is 1. The minimum absolute atomic E-state index is 0.170. The lowest BCUT2D eigenvalue weighted by Crippen LogP contribution is -2.29. The standard InChI is InChI=1S/C15H13ClN2O2/c16-12-6-5-9(17)7-11(12)15(19)18-13-8-20-14-4-2-1-3-10(13)14/h1-7,13H,8,17H2,(H,18,19). The molecular formula is C15H13ClN2O2. The molecule has 3 N–H and O–H groups in total. The van der Waals surface area contributed by atoms with Crippen molar-refractivity contribution in [2.45, 2.75) is 6.04 Å². The number of ether oxygens (including phenoxy) is 1. The van der Waals surface area contributed by atoms with Crippen molar-refractivity contribution in [1.82, 2.24) is 5.32 Å². The van der Waals surface area contributed by atoms with Gasteiger partial charge >= 0.3 is 0 Å². The number of fused-ring (bicyclic) bond motifs is 1. The van der Waals surface area contributed by atoms with Crippen LogP contribution in [0.4, 0.5) is 5.69 Å². The summed E-state index contributed by atoms with van der Waals surface area (Å²) < 4.78 is 5.53. The van der Waals surface area contributed by atoms with Crippen LogP contribution in [0.2, 0.25) is 5.02 Å². The van der Waals surface area contributed by atoms with E-state index in [4.69, 9.17) is 22.1 Å². The van der Waals surface area contributed by atoms with Crippen LogP contribution in [0.3, 0.4) is 0 Å². The fourth-order valence-corrected chi connectivity index (χ4v) is 2.44. The number of amides is 1. The molecule has 3 rings (SSSR count). The first kappa shape index (κ1) is 12.8. The molecule has 4 nitrogen and oxygen atoms in total. The molecule has 1 aliphatic heterocycles. The first-order valence-electron chi connectivity index (χ1n) is 6.23. The molecule has 0 radical (unpaired) electrons. The number of benzene rings is 2. The van der Waals surface area contributed by atoms with E-state index in [0.717, 1.165) is 11.3 Å². The molecular weight excluding hydrogens is 276 g/mol. The minimum atomic E-state index is -0.257. The second-order valence-electron chi connectivity index (χ2n) is 4.61. The van der Waals surface area contributed by atoms with Crippen LogP contribution in [0, 0.1) is 0 Å². The molecule has 5 heteroatoms. The van der Waals surface area contributed by atoms with Crippen molar-refractivity contribution in [3.8, 4) is 5.75 Å². The third-order valence-electron chi connectivity index (χ3n) is 3.24. The molecule has 0 aromatic heterocycles. The van der Waals surface area contributed by atoms with Gasteiger partial charge in [0.15, 0.2) is 0 Å². The topological polar surface area (TPSA) is 64.4 Å². The van der Waals surface area contributed by atoms with E-state index in [1.165, 1.54) is 0 Å². The third kappa shape index (κ3) is 2.30. The Morgan fingerprint density at radius 1 is 1.30 bits per heavy atom. The summed E-state index contributed by atoms with van der Waals surface area (Å²) in [5.74, 6) is 0.545. The van der Waals surface area contributed by atoms with Crippen LogP contribution in [0.15, 0.2) is 42.5 Å². The quantitative estimate of drug-likeness (QED) is 0.835. The summed E-state index contributed by atoms with van der Waals surface area (Å²) in [4.78, 5) is 12.3. The summed E-state index contributed by atoms with van der Waals surface area (Å²) >= 11 is 6.03. The van der Waals surface area contributed by atoms with Gasteiger partial charge in [-0.2, -0.15) is 0 Å². The Morgan fingerprint density at radius 3 is 2.95 bits per heavy atom. The van der Waals surface area contributed by atoms with Gasteiger partial charge in [-0.1, -0.05) is 29.8 Å². The van der Waals surface area contributed by atoms with Crippen molar-refractivity contribution in [3.63, 3.8) is 0 Å². The molecule has 0 fully saturated rings. The fraction of sp³-hybridized carbons (Fsp3) is 0.133. The summed E-state index contributed by atoms with van der Waals surface area (Å²) in [6.45, 7) is 0.422. The van der Waals surface area contributed by atoms with Crippen LogP contribution in [0.1, 0.15) is 22.0 Å². The lowest BCUT2D eigenvalue weighted by Gasteiger charge is -2.13. The van der Waals surface area contributed by atoms with Gasteiger partial charge in [-0.15, -0.1) is 0 Å². The van der Waals surface area contributed by atoms with Crippen LogP contribution in [-0.2, 0) is 0 Å². The summed E-state index contributed by atoms with van der Waals surface area (Å²) in [5, 5.41) is 3.29. The Kier molecular flexibility index (Phi) is 3.24. The lowest BCUT2D eigenvalue weighted by atomic mass is 10.1. The molecule has 0 aliphatic carbocycles. The van der Waals surface area contributed by atoms with Crippen molar-refractivity contribution >= 4 is 23.2 Å². The van der Waals surface area contributed by atoms with E-state index >= 15 is 0 Å². The highest BCUT2D eigenvalue weighted by molar-refractivity contribution is 6.34. The Hall–Kier alpha value is -2.20. The number of nitrogens with two attached hydrogens (primary N) is 1. The van der Waals surface area contributed by atoms with E-state index in [1.807, 2.05) is 24.3 Å². The number of carbonyl (C=O) groups excluding carboxylic acids is 1. The van der Waals surface area contributed by atoms with Crippen LogP contribution in [0.5, 0.6) is 5.75 Å².